The summed E-state index contributed by atoms with van der Waals surface area (Å²) in [6, 6.07) is 0.239. The van der Waals surface area contributed by atoms with E-state index in [9.17, 15) is 0 Å². The van der Waals surface area contributed by atoms with Crippen LogP contribution in [-0.2, 0) is 0 Å². The minimum Gasteiger partial charge on any atom is -0.472 e. The second kappa shape index (κ2) is 4.53. The Bertz CT molecular complexity index is 552. The number of aromatic nitrogens is 4. The Hall–Kier alpha value is -1.69. The van der Waals surface area contributed by atoms with Crippen molar-refractivity contribution in [1.29, 1.82) is 0 Å². The van der Waals surface area contributed by atoms with Crippen molar-refractivity contribution in [3.05, 3.63) is 18.2 Å². The highest BCUT2D eigenvalue weighted by Crippen LogP contribution is 2.23. The molecular weight excluding hydrogens is 230 g/mol. The lowest BCUT2D eigenvalue weighted by Gasteiger charge is -2.26. The first kappa shape index (κ1) is 11.4. The van der Waals surface area contributed by atoms with Crippen LogP contribution in [0.1, 0.15) is 31.5 Å². The van der Waals surface area contributed by atoms with Crippen LogP contribution in [0.5, 0.6) is 5.88 Å². The standard InChI is InChI=1S/C12H17N5O/c1-8-15-16-11-12(14-5-6-17(8)11)18-10-4-2-3-9(13)7-10/h5-6,9-10H,2-4,7,13H2,1H3. The van der Waals surface area contributed by atoms with E-state index in [2.05, 4.69) is 15.2 Å². The number of aryl methyl sites for hydroxylation is 1. The van der Waals surface area contributed by atoms with E-state index in [-0.39, 0.29) is 12.1 Å². The third-order valence-corrected chi connectivity index (χ3v) is 3.41. The number of nitrogens with two attached hydrogens (primary N) is 1. The molecule has 0 radical (unpaired) electrons. The maximum atomic E-state index is 5.96. The molecule has 2 N–H and O–H groups in total. The number of rotatable bonds is 2. The van der Waals surface area contributed by atoms with Crippen molar-refractivity contribution in [2.45, 2.75) is 44.8 Å². The zero-order valence-corrected chi connectivity index (χ0v) is 10.4. The zero-order valence-electron chi connectivity index (χ0n) is 10.4. The van der Waals surface area contributed by atoms with Gasteiger partial charge in [0.2, 0.25) is 5.65 Å². The molecule has 0 saturated heterocycles. The summed E-state index contributed by atoms with van der Waals surface area (Å²) in [5, 5.41) is 8.13. The van der Waals surface area contributed by atoms with Gasteiger partial charge in [-0.2, -0.15) is 0 Å². The lowest BCUT2D eigenvalue weighted by molar-refractivity contribution is 0.140. The van der Waals surface area contributed by atoms with Crippen LogP contribution in [0.2, 0.25) is 0 Å². The quantitative estimate of drug-likeness (QED) is 0.859. The predicted molar refractivity (Wildman–Crippen MR) is 66.4 cm³/mol. The van der Waals surface area contributed by atoms with Gasteiger partial charge in [0.15, 0.2) is 0 Å². The van der Waals surface area contributed by atoms with E-state index in [0.29, 0.717) is 11.5 Å². The molecule has 2 heterocycles. The monoisotopic (exact) mass is 247 g/mol. The normalized spacial score (nSPS) is 24.3. The molecule has 6 heteroatoms. The van der Waals surface area contributed by atoms with E-state index < -0.39 is 0 Å². The number of hydrogen-bond acceptors (Lipinski definition) is 5. The number of fused-ring (bicyclic) bond motifs is 1. The Labute approximate surface area is 105 Å². The Morgan fingerprint density at radius 3 is 3.11 bits per heavy atom. The first-order valence-electron chi connectivity index (χ1n) is 6.32. The molecule has 3 rings (SSSR count). The summed E-state index contributed by atoms with van der Waals surface area (Å²) in [5.74, 6) is 1.38. The molecule has 18 heavy (non-hydrogen) atoms. The van der Waals surface area contributed by atoms with E-state index in [4.69, 9.17) is 10.5 Å². The zero-order chi connectivity index (χ0) is 12.5. The van der Waals surface area contributed by atoms with Crippen LogP contribution in [0.3, 0.4) is 0 Å². The molecule has 0 aliphatic heterocycles. The van der Waals surface area contributed by atoms with E-state index in [1.165, 1.54) is 0 Å². The lowest BCUT2D eigenvalue weighted by Crippen LogP contribution is -2.34. The molecule has 1 aliphatic carbocycles. The summed E-state index contributed by atoms with van der Waals surface area (Å²) in [6.07, 6.45) is 7.80. The Morgan fingerprint density at radius 2 is 2.28 bits per heavy atom. The summed E-state index contributed by atoms with van der Waals surface area (Å²) < 4.78 is 7.82. The van der Waals surface area contributed by atoms with Gasteiger partial charge in [0, 0.05) is 18.4 Å². The number of hydrogen-bond donors (Lipinski definition) is 1. The third kappa shape index (κ3) is 2.03. The molecule has 1 saturated carbocycles. The van der Waals surface area contributed by atoms with Crippen molar-refractivity contribution >= 4 is 5.65 Å². The Morgan fingerprint density at radius 1 is 1.39 bits per heavy atom. The largest absolute Gasteiger partial charge is 0.472 e. The van der Waals surface area contributed by atoms with Crippen molar-refractivity contribution in [2.24, 2.45) is 5.73 Å². The van der Waals surface area contributed by atoms with E-state index in [0.717, 1.165) is 31.5 Å². The van der Waals surface area contributed by atoms with E-state index >= 15 is 0 Å². The molecule has 0 amide bonds. The molecule has 96 valence electrons. The van der Waals surface area contributed by atoms with Gasteiger partial charge in [-0.3, -0.25) is 4.40 Å². The highest BCUT2D eigenvalue weighted by atomic mass is 16.5. The molecule has 2 aromatic heterocycles. The maximum absolute atomic E-state index is 5.96. The summed E-state index contributed by atoms with van der Waals surface area (Å²) in [5.41, 5.74) is 6.64. The average Bonchev–Trinajstić information content (AvgIpc) is 2.73. The minimum absolute atomic E-state index is 0.143. The van der Waals surface area contributed by atoms with Crippen LogP contribution in [-0.4, -0.2) is 31.7 Å². The molecule has 2 aromatic rings. The molecule has 2 atom stereocenters. The summed E-state index contributed by atoms with van der Waals surface area (Å²) in [6.45, 7) is 1.90. The minimum atomic E-state index is 0.143. The van der Waals surface area contributed by atoms with E-state index in [1.807, 2.05) is 17.5 Å². The molecule has 0 aromatic carbocycles. The van der Waals surface area contributed by atoms with Gasteiger partial charge in [-0.1, -0.05) is 0 Å². The van der Waals surface area contributed by atoms with Gasteiger partial charge >= 0.3 is 0 Å². The van der Waals surface area contributed by atoms with Gasteiger partial charge in [0.1, 0.15) is 11.9 Å². The maximum Gasteiger partial charge on any atom is 0.260 e. The second-order valence-corrected chi connectivity index (χ2v) is 4.84. The van der Waals surface area contributed by atoms with Crippen LogP contribution in [0.25, 0.3) is 5.65 Å². The fourth-order valence-electron chi connectivity index (χ4n) is 2.45. The number of ether oxygens (including phenoxy) is 1. The van der Waals surface area contributed by atoms with Gasteiger partial charge < -0.3 is 10.5 Å². The van der Waals surface area contributed by atoms with Crippen LogP contribution in [0.4, 0.5) is 0 Å². The highest BCUT2D eigenvalue weighted by molar-refractivity contribution is 5.48. The highest BCUT2D eigenvalue weighted by Gasteiger charge is 2.22. The van der Waals surface area contributed by atoms with Crippen molar-refractivity contribution in [3.8, 4) is 5.88 Å². The van der Waals surface area contributed by atoms with Gasteiger partial charge in [0.05, 0.1) is 0 Å². The summed E-state index contributed by atoms with van der Waals surface area (Å²) in [4.78, 5) is 4.25. The molecule has 0 bridgehead atoms. The number of nitrogens with zero attached hydrogens (tertiary/aromatic N) is 4. The van der Waals surface area contributed by atoms with Crippen molar-refractivity contribution < 1.29 is 4.74 Å². The summed E-state index contributed by atoms with van der Waals surface area (Å²) in [7, 11) is 0. The first-order valence-corrected chi connectivity index (χ1v) is 6.32. The molecule has 1 fully saturated rings. The Balaban J connectivity index is 1.86. The fourth-order valence-corrected chi connectivity index (χ4v) is 2.45. The molecular formula is C12H17N5O. The molecule has 0 spiro atoms. The van der Waals surface area contributed by atoms with Crippen LogP contribution in [0.15, 0.2) is 12.4 Å². The smallest absolute Gasteiger partial charge is 0.260 e. The predicted octanol–water partition coefficient (Wildman–Crippen LogP) is 1.08. The van der Waals surface area contributed by atoms with Crippen LogP contribution in [0, 0.1) is 6.92 Å². The van der Waals surface area contributed by atoms with E-state index in [1.54, 1.807) is 6.20 Å². The average molecular weight is 247 g/mol. The fraction of sp³-hybridized carbons (Fsp3) is 0.583. The molecule has 1 aliphatic rings. The SMILES string of the molecule is Cc1nnc2c(OC3CCCC(N)C3)nccn12. The molecule has 6 nitrogen and oxygen atoms in total. The van der Waals surface area contributed by atoms with Gasteiger partial charge in [-0.05, 0) is 32.6 Å². The van der Waals surface area contributed by atoms with Crippen LogP contribution >= 0.6 is 0 Å². The van der Waals surface area contributed by atoms with Gasteiger partial charge in [-0.15, -0.1) is 10.2 Å². The van der Waals surface area contributed by atoms with Crippen LogP contribution < -0.4 is 10.5 Å². The van der Waals surface area contributed by atoms with Crippen molar-refractivity contribution in [3.63, 3.8) is 0 Å². The topological polar surface area (TPSA) is 78.3 Å². The van der Waals surface area contributed by atoms with Crippen molar-refractivity contribution in [2.75, 3.05) is 0 Å². The third-order valence-electron chi connectivity index (χ3n) is 3.41. The van der Waals surface area contributed by atoms with Crippen molar-refractivity contribution in [1.82, 2.24) is 19.6 Å². The van der Waals surface area contributed by atoms with Gasteiger partial charge in [0.25, 0.3) is 5.88 Å². The summed E-state index contributed by atoms with van der Waals surface area (Å²) >= 11 is 0. The first-order chi connectivity index (χ1) is 8.74. The lowest BCUT2D eigenvalue weighted by atomic mass is 9.94. The van der Waals surface area contributed by atoms with Gasteiger partial charge in [-0.25, -0.2) is 4.98 Å². The second-order valence-electron chi connectivity index (χ2n) is 4.84. The molecule has 2 unspecified atom stereocenters. The Kier molecular flexibility index (Phi) is 2.87.